The highest BCUT2D eigenvalue weighted by atomic mass is 16.5. The Morgan fingerprint density at radius 3 is 2.59 bits per heavy atom. The number of nitrogens with two attached hydrogens (primary N) is 1. The zero-order valence-electron chi connectivity index (χ0n) is 20.4. The van der Waals surface area contributed by atoms with Crippen LogP contribution >= 0.6 is 0 Å². The second kappa shape index (κ2) is 8.70. The number of rotatable bonds is 5. The molecular formula is C26H30N6O2. The fourth-order valence-electron chi connectivity index (χ4n) is 3.71. The molecule has 0 aliphatic carbocycles. The molecule has 0 spiro atoms. The van der Waals surface area contributed by atoms with Gasteiger partial charge >= 0.3 is 0 Å². The molecule has 4 aromatic rings. The van der Waals surface area contributed by atoms with Crippen LogP contribution in [-0.2, 0) is 11.8 Å². The summed E-state index contributed by atoms with van der Waals surface area (Å²) in [7, 11) is 3.57. The lowest BCUT2D eigenvalue weighted by Gasteiger charge is -2.19. The number of nitrogens with one attached hydrogen (secondary N) is 2. The predicted octanol–water partition coefficient (Wildman–Crippen LogP) is 5.26. The number of benzene rings is 2. The minimum Gasteiger partial charge on any atom is -0.495 e. The first-order chi connectivity index (χ1) is 16.1. The zero-order valence-corrected chi connectivity index (χ0v) is 20.4. The lowest BCUT2D eigenvalue weighted by molar-refractivity contribution is -0.123. The number of aryl methyl sites for hydroxylation is 2. The molecule has 0 atom stereocenters. The van der Waals surface area contributed by atoms with E-state index in [1.807, 2.05) is 69.8 Å². The molecule has 176 valence electrons. The number of hydrogen-bond acceptors (Lipinski definition) is 6. The standard InChI is InChI=1S/C26H30N6O2/c1-15-11-22(34-6)18(27)12-19(15)30-25-28-13-20(29-24(33)26(2,3)4)23(31-25)17-14-32(5)21-10-8-7-9-16(17)21/h7-14H,27H2,1-6H3,(H,29,33)(H,28,30,31). The lowest BCUT2D eigenvalue weighted by Crippen LogP contribution is -2.28. The van der Waals surface area contributed by atoms with Crippen LogP contribution < -0.4 is 21.1 Å². The van der Waals surface area contributed by atoms with Crippen molar-refractivity contribution in [2.24, 2.45) is 12.5 Å². The molecule has 2 heterocycles. The summed E-state index contributed by atoms with van der Waals surface area (Å²) in [6.07, 6.45) is 3.65. The molecule has 0 saturated heterocycles. The number of fused-ring (bicyclic) bond motifs is 1. The summed E-state index contributed by atoms with van der Waals surface area (Å²) in [6.45, 7) is 7.56. The van der Waals surface area contributed by atoms with Gasteiger partial charge in [0.2, 0.25) is 11.9 Å². The fourth-order valence-corrected chi connectivity index (χ4v) is 3.71. The van der Waals surface area contributed by atoms with Gasteiger partial charge in [0.25, 0.3) is 0 Å². The van der Waals surface area contributed by atoms with Gasteiger partial charge in [-0.25, -0.2) is 9.97 Å². The Kier molecular flexibility index (Phi) is 5.91. The van der Waals surface area contributed by atoms with Gasteiger partial charge < -0.3 is 25.7 Å². The molecule has 8 heteroatoms. The van der Waals surface area contributed by atoms with Gasteiger partial charge in [-0.3, -0.25) is 4.79 Å². The van der Waals surface area contributed by atoms with Crippen molar-refractivity contribution in [2.45, 2.75) is 27.7 Å². The number of hydrogen-bond donors (Lipinski definition) is 3. The Hall–Kier alpha value is -4.07. The van der Waals surface area contributed by atoms with E-state index in [0.29, 0.717) is 28.8 Å². The average Bonchev–Trinajstić information content (AvgIpc) is 3.13. The van der Waals surface area contributed by atoms with Gasteiger partial charge in [-0.1, -0.05) is 39.0 Å². The first kappa shape index (κ1) is 23.1. The summed E-state index contributed by atoms with van der Waals surface area (Å²) in [5, 5.41) is 7.31. The van der Waals surface area contributed by atoms with Crippen LogP contribution in [0.25, 0.3) is 22.2 Å². The van der Waals surface area contributed by atoms with Crippen LogP contribution in [0.1, 0.15) is 26.3 Å². The van der Waals surface area contributed by atoms with Crippen molar-refractivity contribution >= 4 is 39.8 Å². The van der Waals surface area contributed by atoms with E-state index in [9.17, 15) is 4.79 Å². The SMILES string of the molecule is COc1cc(C)c(Nc2ncc(NC(=O)C(C)(C)C)c(-c3cn(C)c4ccccc34)n2)cc1N. The normalized spacial score (nSPS) is 11.5. The highest BCUT2D eigenvalue weighted by Gasteiger charge is 2.24. The Balaban J connectivity index is 1.83. The molecule has 0 fully saturated rings. The van der Waals surface area contributed by atoms with E-state index in [1.165, 1.54) is 0 Å². The topological polar surface area (TPSA) is 107 Å². The van der Waals surface area contributed by atoms with Crippen molar-refractivity contribution in [2.75, 3.05) is 23.5 Å². The molecule has 2 aromatic heterocycles. The molecular weight excluding hydrogens is 428 g/mol. The van der Waals surface area contributed by atoms with Crippen molar-refractivity contribution < 1.29 is 9.53 Å². The smallest absolute Gasteiger partial charge is 0.229 e. The molecule has 0 radical (unpaired) electrons. The molecule has 2 aromatic carbocycles. The maximum atomic E-state index is 12.8. The van der Waals surface area contributed by atoms with Crippen LogP contribution in [-0.4, -0.2) is 27.6 Å². The number of methoxy groups -OCH3 is 1. The van der Waals surface area contributed by atoms with E-state index < -0.39 is 5.41 Å². The summed E-state index contributed by atoms with van der Waals surface area (Å²) < 4.78 is 7.35. The number of para-hydroxylation sites is 1. The largest absolute Gasteiger partial charge is 0.495 e. The van der Waals surface area contributed by atoms with Gasteiger partial charge in [-0.2, -0.15) is 0 Å². The Bertz CT molecular complexity index is 1380. The maximum Gasteiger partial charge on any atom is 0.229 e. The van der Waals surface area contributed by atoms with Crippen molar-refractivity contribution in [3.63, 3.8) is 0 Å². The van der Waals surface area contributed by atoms with Crippen molar-refractivity contribution in [1.29, 1.82) is 0 Å². The highest BCUT2D eigenvalue weighted by Crippen LogP contribution is 2.36. The Morgan fingerprint density at radius 2 is 1.88 bits per heavy atom. The van der Waals surface area contributed by atoms with Gasteiger partial charge in [-0.15, -0.1) is 0 Å². The quantitative estimate of drug-likeness (QED) is 0.352. The third-order valence-electron chi connectivity index (χ3n) is 5.69. The zero-order chi connectivity index (χ0) is 24.6. The van der Waals surface area contributed by atoms with Crippen LogP contribution in [0.15, 0.2) is 48.8 Å². The first-order valence-corrected chi connectivity index (χ1v) is 11.0. The Labute approximate surface area is 199 Å². The number of aromatic nitrogens is 3. The molecule has 0 saturated carbocycles. The number of anilines is 4. The van der Waals surface area contributed by atoms with Crippen LogP contribution in [0.4, 0.5) is 23.0 Å². The summed E-state index contributed by atoms with van der Waals surface area (Å²) in [5.74, 6) is 0.891. The van der Waals surface area contributed by atoms with E-state index in [-0.39, 0.29) is 5.91 Å². The number of carbonyl (C=O) groups is 1. The summed E-state index contributed by atoms with van der Waals surface area (Å²) >= 11 is 0. The fraction of sp³-hybridized carbons (Fsp3) is 0.269. The molecule has 8 nitrogen and oxygen atoms in total. The third-order valence-corrected chi connectivity index (χ3v) is 5.69. The lowest BCUT2D eigenvalue weighted by atomic mass is 9.95. The van der Waals surface area contributed by atoms with Gasteiger partial charge in [0, 0.05) is 40.8 Å². The number of nitrogens with zero attached hydrogens (tertiary/aromatic N) is 3. The second-order valence-corrected chi connectivity index (χ2v) is 9.36. The van der Waals surface area contributed by atoms with E-state index in [1.54, 1.807) is 19.4 Å². The number of nitrogen functional groups attached to an aromatic ring is 1. The minimum atomic E-state index is -0.565. The van der Waals surface area contributed by atoms with Gasteiger partial charge in [-0.05, 0) is 30.7 Å². The van der Waals surface area contributed by atoms with E-state index >= 15 is 0 Å². The summed E-state index contributed by atoms with van der Waals surface area (Å²) in [6, 6.07) is 11.7. The number of amides is 1. The van der Waals surface area contributed by atoms with Gasteiger partial charge in [0.05, 0.1) is 24.7 Å². The van der Waals surface area contributed by atoms with Crippen molar-refractivity contribution in [1.82, 2.24) is 14.5 Å². The summed E-state index contributed by atoms with van der Waals surface area (Å²) in [4.78, 5) is 22.1. The van der Waals surface area contributed by atoms with Crippen molar-refractivity contribution in [3.8, 4) is 17.0 Å². The third kappa shape index (κ3) is 4.39. The molecule has 0 unspecified atom stereocenters. The van der Waals surface area contributed by atoms with E-state index in [0.717, 1.165) is 27.7 Å². The predicted molar refractivity (Wildman–Crippen MR) is 137 cm³/mol. The molecule has 0 aliphatic rings. The van der Waals surface area contributed by atoms with Crippen LogP contribution in [0, 0.1) is 12.3 Å². The van der Waals surface area contributed by atoms with E-state index in [4.69, 9.17) is 15.5 Å². The van der Waals surface area contributed by atoms with Crippen LogP contribution in [0.3, 0.4) is 0 Å². The molecule has 4 N–H and O–H groups in total. The number of carbonyl (C=O) groups excluding carboxylic acids is 1. The molecule has 1 amide bonds. The van der Waals surface area contributed by atoms with Crippen LogP contribution in [0.2, 0.25) is 0 Å². The Morgan fingerprint density at radius 1 is 1.15 bits per heavy atom. The number of ether oxygens (including phenoxy) is 1. The molecule has 34 heavy (non-hydrogen) atoms. The molecule has 0 bridgehead atoms. The highest BCUT2D eigenvalue weighted by molar-refractivity contribution is 6.02. The minimum absolute atomic E-state index is 0.114. The summed E-state index contributed by atoms with van der Waals surface area (Å²) in [5.41, 5.74) is 10.9. The van der Waals surface area contributed by atoms with E-state index in [2.05, 4.69) is 21.7 Å². The average molecular weight is 459 g/mol. The second-order valence-electron chi connectivity index (χ2n) is 9.36. The van der Waals surface area contributed by atoms with Gasteiger partial charge in [0.15, 0.2) is 0 Å². The molecule has 0 aliphatic heterocycles. The van der Waals surface area contributed by atoms with Crippen molar-refractivity contribution in [3.05, 3.63) is 54.4 Å². The van der Waals surface area contributed by atoms with Crippen LogP contribution in [0.5, 0.6) is 5.75 Å². The monoisotopic (exact) mass is 458 g/mol. The maximum absolute atomic E-state index is 12.8. The first-order valence-electron chi connectivity index (χ1n) is 11.0. The molecule has 4 rings (SSSR count). The van der Waals surface area contributed by atoms with Gasteiger partial charge in [0.1, 0.15) is 11.4 Å².